The average molecular weight is 263 g/mol. The first-order chi connectivity index (χ1) is 9.16. The number of nitrogens with zero attached hydrogens (tertiary/aromatic N) is 2. The van der Waals surface area contributed by atoms with Crippen LogP contribution in [0.3, 0.4) is 0 Å². The minimum Gasteiger partial charge on any atom is -0.465 e. The Labute approximate surface area is 111 Å². The van der Waals surface area contributed by atoms with E-state index < -0.39 is 12.1 Å². The molecule has 0 aliphatic carbocycles. The molecule has 0 radical (unpaired) electrons. The normalized spacial score (nSPS) is 19.9. The Kier molecular flexibility index (Phi) is 4.33. The summed E-state index contributed by atoms with van der Waals surface area (Å²) in [6.07, 6.45) is 4.56. The largest absolute Gasteiger partial charge is 0.465 e. The van der Waals surface area contributed by atoms with Gasteiger partial charge in [-0.05, 0) is 30.9 Å². The number of pyridine rings is 1. The van der Waals surface area contributed by atoms with Crippen molar-refractivity contribution < 1.29 is 14.7 Å². The van der Waals surface area contributed by atoms with Gasteiger partial charge in [0.25, 0.3) is 0 Å². The highest BCUT2D eigenvalue weighted by Crippen LogP contribution is 2.15. The lowest BCUT2D eigenvalue weighted by atomic mass is 10.1. The van der Waals surface area contributed by atoms with E-state index in [4.69, 9.17) is 5.11 Å². The number of hydrogen-bond donors (Lipinski definition) is 2. The third kappa shape index (κ3) is 3.67. The van der Waals surface area contributed by atoms with Gasteiger partial charge in [0, 0.05) is 25.5 Å². The number of carboxylic acid groups (broad SMARTS) is 1. The van der Waals surface area contributed by atoms with Crippen LogP contribution in [0, 0.1) is 0 Å². The van der Waals surface area contributed by atoms with Crippen LogP contribution in [0.2, 0.25) is 0 Å². The van der Waals surface area contributed by atoms with Crippen molar-refractivity contribution in [2.75, 3.05) is 6.54 Å². The third-order valence-electron chi connectivity index (χ3n) is 3.17. The molecule has 1 aromatic heterocycles. The summed E-state index contributed by atoms with van der Waals surface area (Å²) in [5, 5.41) is 11.1. The summed E-state index contributed by atoms with van der Waals surface area (Å²) in [6, 6.07) is 3.10. The molecule has 2 N–H and O–H groups in total. The van der Waals surface area contributed by atoms with E-state index in [0.29, 0.717) is 19.5 Å². The van der Waals surface area contributed by atoms with Crippen LogP contribution in [0.1, 0.15) is 24.8 Å². The molecule has 2 rings (SSSR count). The van der Waals surface area contributed by atoms with Gasteiger partial charge >= 0.3 is 6.09 Å². The fourth-order valence-corrected chi connectivity index (χ4v) is 2.26. The van der Waals surface area contributed by atoms with Gasteiger partial charge in [-0.25, -0.2) is 4.79 Å². The van der Waals surface area contributed by atoms with Gasteiger partial charge in [0.1, 0.15) is 6.04 Å². The highest BCUT2D eigenvalue weighted by Gasteiger charge is 2.28. The summed E-state index contributed by atoms with van der Waals surface area (Å²) in [7, 11) is 0. The number of carbonyl (C=O) groups excluding carboxylic acids is 1. The Morgan fingerprint density at radius 3 is 3.05 bits per heavy atom. The Balaban J connectivity index is 2.06. The first-order valence-corrected chi connectivity index (χ1v) is 6.34. The summed E-state index contributed by atoms with van der Waals surface area (Å²) >= 11 is 0. The molecule has 1 aliphatic rings. The molecule has 2 amide bonds. The van der Waals surface area contributed by atoms with E-state index in [-0.39, 0.29) is 5.91 Å². The quantitative estimate of drug-likeness (QED) is 0.859. The lowest BCUT2D eigenvalue weighted by molar-refractivity contribution is -0.133. The van der Waals surface area contributed by atoms with E-state index in [1.807, 2.05) is 12.1 Å². The molecule has 0 spiro atoms. The fourth-order valence-electron chi connectivity index (χ4n) is 2.26. The van der Waals surface area contributed by atoms with Gasteiger partial charge in [-0.1, -0.05) is 6.07 Å². The van der Waals surface area contributed by atoms with Crippen LogP contribution < -0.4 is 5.32 Å². The number of rotatable bonds is 3. The van der Waals surface area contributed by atoms with Crippen molar-refractivity contribution in [1.82, 2.24) is 15.2 Å². The lowest BCUT2D eigenvalue weighted by Gasteiger charge is -2.24. The van der Waals surface area contributed by atoms with Crippen LogP contribution in [0.25, 0.3) is 0 Å². The van der Waals surface area contributed by atoms with Crippen molar-refractivity contribution in [2.45, 2.75) is 31.8 Å². The van der Waals surface area contributed by atoms with Crippen molar-refractivity contribution in [1.29, 1.82) is 0 Å². The number of aromatic nitrogens is 1. The van der Waals surface area contributed by atoms with Crippen molar-refractivity contribution >= 4 is 12.0 Å². The molecule has 0 unspecified atom stereocenters. The summed E-state index contributed by atoms with van der Waals surface area (Å²) in [5.41, 5.74) is 0.951. The Bertz CT molecular complexity index is 450. The van der Waals surface area contributed by atoms with Gasteiger partial charge in [-0.3, -0.25) is 9.78 Å². The topological polar surface area (TPSA) is 82.5 Å². The Hall–Kier alpha value is -2.11. The summed E-state index contributed by atoms with van der Waals surface area (Å²) in [6.45, 7) is 1.13. The zero-order valence-corrected chi connectivity index (χ0v) is 10.6. The van der Waals surface area contributed by atoms with Crippen molar-refractivity contribution in [3.8, 4) is 0 Å². The molecule has 6 heteroatoms. The third-order valence-corrected chi connectivity index (χ3v) is 3.17. The van der Waals surface area contributed by atoms with Crippen LogP contribution in [0.15, 0.2) is 24.5 Å². The second-order valence-corrected chi connectivity index (χ2v) is 4.62. The van der Waals surface area contributed by atoms with E-state index in [1.165, 1.54) is 0 Å². The molecule has 1 aliphatic heterocycles. The minimum absolute atomic E-state index is 0.149. The molecule has 19 heavy (non-hydrogen) atoms. The standard InChI is InChI=1S/C13H17N3O3/c17-12-11(15-13(18)19)5-1-2-7-16(12)9-10-4-3-6-14-8-10/h3-4,6,8,11,15H,1-2,5,7,9H2,(H,18,19)/t11-/m0/s1. The maximum Gasteiger partial charge on any atom is 0.405 e. The van der Waals surface area contributed by atoms with E-state index in [2.05, 4.69) is 10.3 Å². The van der Waals surface area contributed by atoms with Gasteiger partial charge in [0.15, 0.2) is 0 Å². The molecule has 102 valence electrons. The minimum atomic E-state index is -1.15. The number of carbonyl (C=O) groups is 2. The monoisotopic (exact) mass is 263 g/mol. The molecule has 1 atom stereocenters. The Morgan fingerprint density at radius 1 is 1.53 bits per heavy atom. The fraction of sp³-hybridized carbons (Fsp3) is 0.462. The summed E-state index contributed by atoms with van der Waals surface area (Å²) in [5.74, 6) is -0.149. The summed E-state index contributed by atoms with van der Waals surface area (Å²) < 4.78 is 0. The van der Waals surface area contributed by atoms with Gasteiger partial charge in [-0.15, -0.1) is 0 Å². The molecule has 0 bridgehead atoms. The van der Waals surface area contributed by atoms with E-state index in [0.717, 1.165) is 18.4 Å². The van der Waals surface area contributed by atoms with Gasteiger partial charge < -0.3 is 15.3 Å². The highest BCUT2D eigenvalue weighted by atomic mass is 16.4. The molecular formula is C13H17N3O3. The lowest BCUT2D eigenvalue weighted by Crippen LogP contribution is -2.46. The molecule has 1 fully saturated rings. The van der Waals surface area contributed by atoms with Gasteiger partial charge in [0.2, 0.25) is 5.91 Å². The average Bonchev–Trinajstić information content (AvgIpc) is 2.55. The second kappa shape index (κ2) is 6.17. The summed E-state index contributed by atoms with van der Waals surface area (Å²) in [4.78, 5) is 28.7. The zero-order valence-electron chi connectivity index (χ0n) is 10.6. The van der Waals surface area contributed by atoms with Gasteiger partial charge in [0.05, 0.1) is 0 Å². The molecule has 2 heterocycles. The number of nitrogens with one attached hydrogen (secondary N) is 1. The van der Waals surface area contributed by atoms with Crippen molar-refractivity contribution in [3.05, 3.63) is 30.1 Å². The van der Waals surface area contributed by atoms with Crippen LogP contribution in [-0.4, -0.2) is 39.6 Å². The zero-order chi connectivity index (χ0) is 13.7. The van der Waals surface area contributed by atoms with Crippen molar-refractivity contribution in [3.63, 3.8) is 0 Å². The predicted molar refractivity (Wildman–Crippen MR) is 68.5 cm³/mol. The van der Waals surface area contributed by atoms with Crippen molar-refractivity contribution in [2.24, 2.45) is 0 Å². The Morgan fingerprint density at radius 2 is 2.37 bits per heavy atom. The molecule has 0 saturated carbocycles. The first kappa shape index (κ1) is 13.3. The maximum absolute atomic E-state index is 12.3. The van der Waals surface area contributed by atoms with Crippen LogP contribution >= 0.6 is 0 Å². The molecule has 1 aromatic rings. The SMILES string of the molecule is O=C(O)N[C@H]1CCCCN(Cc2cccnc2)C1=O. The number of likely N-dealkylation sites (tertiary alicyclic amines) is 1. The predicted octanol–water partition coefficient (Wildman–Crippen LogP) is 1.23. The number of amides is 2. The number of hydrogen-bond acceptors (Lipinski definition) is 3. The van der Waals surface area contributed by atoms with Crippen LogP contribution in [-0.2, 0) is 11.3 Å². The molecular weight excluding hydrogens is 246 g/mol. The smallest absolute Gasteiger partial charge is 0.405 e. The molecule has 1 saturated heterocycles. The highest BCUT2D eigenvalue weighted by molar-refractivity contribution is 5.85. The molecule has 0 aromatic carbocycles. The van der Waals surface area contributed by atoms with E-state index in [9.17, 15) is 9.59 Å². The van der Waals surface area contributed by atoms with E-state index >= 15 is 0 Å². The van der Waals surface area contributed by atoms with Crippen LogP contribution in [0.5, 0.6) is 0 Å². The maximum atomic E-state index is 12.3. The first-order valence-electron chi connectivity index (χ1n) is 6.34. The van der Waals surface area contributed by atoms with Gasteiger partial charge in [-0.2, -0.15) is 0 Å². The second-order valence-electron chi connectivity index (χ2n) is 4.62. The molecule has 6 nitrogen and oxygen atoms in total. The van der Waals surface area contributed by atoms with Crippen LogP contribution in [0.4, 0.5) is 4.79 Å². The van der Waals surface area contributed by atoms with E-state index in [1.54, 1.807) is 17.3 Å².